The predicted molar refractivity (Wildman–Crippen MR) is 117 cm³/mol. The van der Waals surface area contributed by atoms with Gasteiger partial charge in [0.25, 0.3) is 0 Å². The number of benzene rings is 3. The monoisotopic (exact) mass is 481 g/mol. The Bertz CT molecular complexity index is 1130. The molecule has 3 N–H and O–H groups in total. The number of hydrogen-bond donors (Lipinski definition) is 3. The number of sulfonamides is 1. The highest BCUT2D eigenvalue weighted by Crippen LogP contribution is 2.20. The number of rotatable bonds is 6. The third kappa shape index (κ3) is 7.37. The molecule has 1 atom stereocenters. The highest BCUT2D eigenvalue weighted by atomic mass is 35.5. The highest BCUT2D eigenvalue weighted by Gasteiger charge is 2.26. The van der Waals surface area contributed by atoms with Crippen LogP contribution in [0.3, 0.4) is 0 Å². The second-order valence-corrected chi connectivity index (χ2v) is 8.66. The van der Waals surface area contributed by atoms with Gasteiger partial charge in [-0.1, -0.05) is 53.5 Å². The lowest BCUT2D eigenvalue weighted by molar-refractivity contribution is -0.139. The summed E-state index contributed by atoms with van der Waals surface area (Å²) in [6, 6.07) is 18.2. The Morgan fingerprint density at radius 1 is 0.774 bits per heavy atom. The van der Waals surface area contributed by atoms with Gasteiger partial charge in [-0.3, -0.25) is 4.79 Å². The van der Waals surface area contributed by atoms with Crippen molar-refractivity contribution in [3.63, 3.8) is 0 Å². The van der Waals surface area contributed by atoms with Crippen LogP contribution in [0.5, 0.6) is 0 Å². The third-order valence-corrected chi connectivity index (χ3v) is 5.81. The molecule has 0 heterocycles. The van der Waals surface area contributed by atoms with E-state index in [1.165, 1.54) is 48.5 Å². The van der Waals surface area contributed by atoms with Gasteiger partial charge in [0.2, 0.25) is 10.0 Å². The summed E-state index contributed by atoms with van der Waals surface area (Å²) in [7, 11) is -3.93. The van der Waals surface area contributed by atoms with Crippen molar-refractivity contribution in [2.75, 3.05) is 0 Å². The smallest absolute Gasteiger partial charge is 0.335 e. The van der Waals surface area contributed by atoms with E-state index in [1.807, 2.05) is 0 Å². The molecule has 3 aromatic carbocycles. The molecular formula is C21H17Cl2NO6S. The molecule has 0 aliphatic carbocycles. The Morgan fingerprint density at radius 3 is 1.71 bits per heavy atom. The lowest BCUT2D eigenvalue weighted by atomic mass is 10.1. The first kappa shape index (κ1) is 24.4. The molecule has 162 valence electrons. The molecule has 3 aromatic rings. The van der Waals surface area contributed by atoms with Crippen molar-refractivity contribution in [2.24, 2.45) is 0 Å². The second kappa shape index (κ2) is 10.9. The fourth-order valence-electron chi connectivity index (χ4n) is 2.33. The average Bonchev–Trinajstić information content (AvgIpc) is 2.74. The second-order valence-electron chi connectivity index (χ2n) is 6.07. The zero-order chi connectivity index (χ0) is 23.0. The number of aliphatic carboxylic acids is 1. The van der Waals surface area contributed by atoms with Crippen molar-refractivity contribution in [1.82, 2.24) is 4.72 Å². The van der Waals surface area contributed by atoms with Crippen LogP contribution in [-0.2, 0) is 14.8 Å². The molecule has 0 saturated carbocycles. The Hall–Kier alpha value is -2.91. The van der Waals surface area contributed by atoms with Crippen LogP contribution >= 0.6 is 23.2 Å². The van der Waals surface area contributed by atoms with E-state index >= 15 is 0 Å². The lowest BCUT2D eigenvalue weighted by Gasteiger charge is -2.15. The predicted octanol–water partition coefficient (Wildman–Crippen LogP) is 4.48. The van der Waals surface area contributed by atoms with Gasteiger partial charge in [-0.2, -0.15) is 4.72 Å². The first-order valence-corrected chi connectivity index (χ1v) is 10.9. The van der Waals surface area contributed by atoms with Crippen molar-refractivity contribution in [2.45, 2.75) is 10.9 Å². The topological polar surface area (TPSA) is 121 Å². The normalized spacial score (nSPS) is 11.7. The molecule has 0 aliphatic rings. The van der Waals surface area contributed by atoms with E-state index < -0.39 is 28.0 Å². The zero-order valence-electron chi connectivity index (χ0n) is 15.8. The van der Waals surface area contributed by atoms with E-state index in [4.69, 9.17) is 28.3 Å². The molecule has 10 heteroatoms. The average molecular weight is 482 g/mol. The van der Waals surface area contributed by atoms with Crippen LogP contribution in [0.2, 0.25) is 10.0 Å². The van der Waals surface area contributed by atoms with Gasteiger partial charge in [0.1, 0.15) is 6.04 Å². The van der Waals surface area contributed by atoms with Gasteiger partial charge in [-0.15, -0.1) is 0 Å². The molecule has 7 nitrogen and oxygen atoms in total. The van der Waals surface area contributed by atoms with Gasteiger partial charge < -0.3 is 10.2 Å². The SMILES string of the molecule is O=C(O)C(NS(=O)(=O)c1ccccc1)c1ccc(Cl)cc1.O=C(O)c1ccc(Cl)cc1. The van der Waals surface area contributed by atoms with Gasteiger partial charge in [-0.05, 0) is 54.1 Å². The summed E-state index contributed by atoms with van der Waals surface area (Å²) in [6.07, 6.45) is 0. The summed E-state index contributed by atoms with van der Waals surface area (Å²) < 4.78 is 26.5. The molecule has 0 aliphatic heterocycles. The number of hydrogen-bond acceptors (Lipinski definition) is 4. The maximum absolute atomic E-state index is 12.2. The third-order valence-electron chi connectivity index (χ3n) is 3.87. The van der Waals surface area contributed by atoms with Crippen molar-refractivity contribution in [3.8, 4) is 0 Å². The Balaban J connectivity index is 0.000000285. The minimum atomic E-state index is -3.93. The fourth-order valence-corrected chi connectivity index (χ4v) is 3.78. The van der Waals surface area contributed by atoms with Crippen LogP contribution in [0.25, 0.3) is 0 Å². The number of nitrogens with one attached hydrogen (secondary N) is 1. The Morgan fingerprint density at radius 2 is 1.26 bits per heavy atom. The summed E-state index contributed by atoms with van der Waals surface area (Å²) in [5.41, 5.74) is 0.552. The molecular weight excluding hydrogens is 465 g/mol. The number of aromatic carboxylic acids is 1. The van der Waals surface area contributed by atoms with E-state index in [-0.39, 0.29) is 10.5 Å². The standard InChI is InChI=1S/C14H12ClNO4S.C7H5ClO2/c15-11-8-6-10(7-9-11)13(14(17)18)16-21(19,20)12-4-2-1-3-5-12;8-6-3-1-5(2-4-6)7(9)10/h1-9,13,16H,(H,17,18);1-4H,(H,9,10). The number of carboxylic acid groups (broad SMARTS) is 2. The Kier molecular flexibility index (Phi) is 8.58. The van der Waals surface area contributed by atoms with Crippen LogP contribution in [0.4, 0.5) is 0 Å². The fraction of sp³-hybridized carbons (Fsp3) is 0.0476. The van der Waals surface area contributed by atoms with E-state index in [0.717, 1.165) is 0 Å². The summed E-state index contributed by atoms with van der Waals surface area (Å²) >= 11 is 11.3. The van der Waals surface area contributed by atoms with Crippen molar-refractivity contribution in [1.29, 1.82) is 0 Å². The van der Waals surface area contributed by atoms with E-state index in [0.29, 0.717) is 15.6 Å². The number of halogens is 2. The maximum Gasteiger partial charge on any atom is 0.335 e. The summed E-state index contributed by atoms with van der Waals surface area (Å²) in [5, 5.41) is 18.7. The van der Waals surface area contributed by atoms with E-state index in [2.05, 4.69) is 4.72 Å². The van der Waals surface area contributed by atoms with Crippen molar-refractivity contribution >= 4 is 45.2 Å². The van der Waals surface area contributed by atoms with Crippen molar-refractivity contribution in [3.05, 3.63) is 100 Å². The molecule has 0 radical (unpaired) electrons. The minimum Gasteiger partial charge on any atom is -0.480 e. The van der Waals surface area contributed by atoms with Gasteiger partial charge in [0, 0.05) is 10.0 Å². The molecule has 1 unspecified atom stereocenters. The molecule has 0 fully saturated rings. The van der Waals surface area contributed by atoms with Crippen LogP contribution in [0.15, 0.2) is 83.8 Å². The highest BCUT2D eigenvalue weighted by molar-refractivity contribution is 7.89. The first-order valence-electron chi connectivity index (χ1n) is 8.64. The van der Waals surface area contributed by atoms with Gasteiger partial charge >= 0.3 is 11.9 Å². The number of carbonyl (C=O) groups is 2. The van der Waals surface area contributed by atoms with Crippen LogP contribution in [-0.4, -0.2) is 30.6 Å². The van der Waals surface area contributed by atoms with E-state index in [1.54, 1.807) is 30.3 Å². The zero-order valence-corrected chi connectivity index (χ0v) is 18.1. The summed E-state index contributed by atoms with van der Waals surface area (Å²) in [4.78, 5) is 21.6. The Labute approximate surface area is 188 Å². The van der Waals surface area contributed by atoms with Crippen LogP contribution < -0.4 is 4.72 Å². The number of carboxylic acids is 2. The minimum absolute atomic E-state index is 0.00483. The molecule has 0 aromatic heterocycles. The van der Waals surface area contributed by atoms with Gasteiger partial charge in [0.05, 0.1) is 10.5 Å². The lowest BCUT2D eigenvalue weighted by Crippen LogP contribution is -2.33. The molecule has 0 spiro atoms. The molecule has 3 rings (SSSR count). The molecule has 0 bridgehead atoms. The van der Waals surface area contributed by atoms with E-state index in [9.17, 15) is 23.1 Å². The largest absolute Gasteiger partial charge is 0.480 e. The van der Waals surface area contributed by atoms with Gasteiger partial charge in [0.15, 0.2) is 0 Å². The quantitative estimate of drug-likeness (QED) is 0.477. The first-order chi connectivity index (χ1) is 14.6. The van der Waals surface area contributed by atoms with Crippen LogP contribution in [0.1, 0.15) is 22.0 Å². The van der Waals surface area contributed by atoms with Gasteiger partial charge in [-0.25, -0.2) is 13.2 Å². The maximum atomic E-state index is 12.2. The molecule has 0 amide bonds. The van der Waals surface area contributed by atoms with Crippen molar-refractivity contribution < 1.29 is 28.2 Å². The molecule has 0 saturated heterocycles. The molecule has 31 heavy (non-hydrogen) atoms. The summed E-state index contributed by atoms with van der Waals surface area (Å²) in [5.74, 6) is -2.23. The van der Waals surface area contributed by atoms with Crippen LogP contribution in [0, 0.1) is 0 Å². The summed E-state index contributed by atoms with van der Waals surface area (Å²) in [6.45, 7) is 0.